The molecule has 1 aromatic heterocycles. The van der Waals surface area contributed by atoms with Crippen LogP contribution in [0.4, 0.5) is 19.0 Å². The van der Waals surface area contributed by atoms with Gasteiger partial charge in [0.1, 0.15) is 5.82 Å². The Hall–Kier alpha value is -1.57. The van der Waals surface area contributed by atoms with Gasteiger partial charge in [0.15, 0.2) is 0 Å². The van der Waals surface area contributed by atoms with Gasteiger partial charge in [-0.3, -0.25) is 9.48 Å². The lowest BCUT2D eigenvalue weighted by Crippen LogP contribution is -2.35. The first-order chi connectivity index (χ1) is 7.38. The van der Waals surface area contributed by atoms with Gasteiger partial charge in [-0.25, -0.2) is 0 Å². The molecule has 0 aromatic carbocycles. The second kappa shape index (κ2) is 4.97. The minimum atomic E-state index is -4.31. The van der Waals surface area contributed by atoms with E-state index in [4.69, 9.17) is 0 Å². The van der Waals surface area contributed by atoms with Crippen LogP contribution in [0.5, 0.6) is 0 Å². The summed E-state index contributed by atoms with van der Waals surface area (Å²) < 4.78 is 36.6. The molecule has 16 heavy (non-hydrogen) atoms. The quantitative estimate of drug-likeness (QED) is 0.800. The van der Waals surface area contributed by atoms with Crippen molar-refractivity contribution in [3.8, 4) is 0 Å². The fourth-order valence-electron chi connectivity index (χ4n) is 1.00. The molecule has 0 aliphatic carbocycles. The molecule has 0 spiro atoms. The zero-order valence-electron chi connectivity index (χ0n) is 8.51. The number of nitrogens with zero attached hydrogens (tertiary/aromatic N) is 2. The lowest BCUT2D eigenvalue weighted by atomic mass is 10.5. The van der Waals surface area contributed by atoms with E-state index in [1.54, 1.807) is 13.1 Å². The molecule has 0 saturated heterocycles. The van der Waals surface area contributed by atoms with Crippen molar-refractivity contribution < 1.29 is 18.0 Å². The first kappa shape index (κ1) is 12.5. The van der Waals surface area contributed by atoms with Crippen molar-refractivity contribution >= 4 is 11.7 Å². The smallest absolute Gasteiger partial charge is 0.310 e. The number of halogens is 3. The molecule has 1 amide bonds. The Kier molecular flexibility index (Phi) is 3.88. The van der Waals surface area contributed by atoms with Gasteiger partial charge >= 0.3 is 6.18 Å². The summed E-state index contributed by atoms with van der Waals surface area (Å²) in [5.74, 6) is -0.119. The number of alkyl halides is 3. The van der Waals surface area contributed by atoms with E-state index in [-0.39, 0.29) is 0 Å². The van der Waals surface area contributed by atoms with E-state index in [1.165, 1.54) is 10.9 Å². The van der Waals surface area contributed by atoms with Gasteiger partial charge in [0.25, 0.3) is 0 Å². The van der Waals surface area contributed by atoms with Crippen LogP contribution in [-0.4, -0.2) is 35.0 Å². The van der Waals surface area contributed by atoms with Crippen molar-refractivity contribution in [1.29, 1.82) is 0 Å². The number of nitrogens with one attached hydrogen (secondary N) is 2. The van der Waals surface area contributed by atoms with E-state index >= 15 is 0 Å². The minimum Gasteiger partial charge on any atom is -0.310 e. The molecule has 0 saturated carbocycles. The zero-order chi connectivity index (χ0) is 12.2. The molecule has 90 valence electrons. The number of carbonyl (C=O) groups excluding carboxylic acids is 1. The topological polar surface area (TPSA) is 59.0 Å². The number of aryl methyl sites for hydroxylation is 1. The third kappa shape index (κ3) is 4.30. The average molecular weight is 236 g/mol. The molecule has 0 atom stereocenters. The summed E-state index contributed by atoms with van der Waals surface area (Å²) in [6, 6.07) is 1.54. The summed E-state index contributed by atoms with van der Waals surface area (Å²) in [7, 11) is 1.61. The zero-order valence-corrected chi connectivity index (χ0v) is 8.51. The highest BCUT2D eigenvalue weighted by atomic mass is 19.4. The van der Waals surface area contributed by atoms with E-state index in [2.05, 4.69) is 10.4 Å². The Morgan fingerprint density at radius 1 is 1.56 bits per heavy atom. The molecule has 0 radical (unpaired) electrons. The molecule has 0 fully saturated rings. The molecule has 1 aromatic rings. The Bertz CT molecular complexity index is 360. The molecule has 8 heteroatoms. The number of amides is 1. The molecule has 0 aliphatic rings. The van der Waals surface area contributed by atoms with Gasteiger partial charge in [0.05, 0.1) is 19.3 Å². The van der Waals surface area contributed by atoms with E-state index in [0.717, 1.165) is 0 Å². The Balaban J connectivity index is 2.30. The van der Waals surface area contributed by atoms with Crippen molar-refractivity contribution in [3.63, 3.8) is 0 Å². The van der Waals surface area contributed by atoms with Gasteiger partial charge in [-0.1, -0.05) is 0 Å². The van der Waals surface area contributed by atoms with Crippen molar-refractivity contribution in [2.75, 3.05) is 18.4 Å². The van der Waals surface area contributed by atoms with Crippen LogP contribution in [0.1, 0.15) is 0 Å². The maximum absolute atomic E-state index is 11.7. The van der Waals surface area contributed by atoms with Crippen molar-refractivity contribution in [1.82, 2.24) is 15.1 Å². The first-order valence-electron chi connectivity index (χ1n) is 4.44. The molecular formula is C8H11F3N4O. The largest absolute Gasteiger partial charge is 0.401 e. The second-order valence-electron chi connectivity index (χ2n) is 3.11. The van der Waals surface area contributed by atoms with Crippen LogP contribution < -0.4 is 10.6 Å². The summed E-state index contributed by atoms with van der Waals surface area (Å²) in [6.45, 7) is -1.59. The normalized spacial score (nSPS) is 11.5. The maximum Gasteiger partial charge on any atom is 0.401 e. The van der Waals surface area contributed by atoms with Crippen LogP contribution in [0.15, 0.2) is 12.3 Å². The van der Waals surface area contributed by atoms with Gasteiger partial charge < -0.3 is 10.6 Å². The number of rotatable bonds is 4. The third-order valence-electron chi connectivity index (χ3n) is 1.70. The monoisotopic (exact) mass is 236 g/mol. The minimum absolute atomic E-state index is 0.398. The van der Waals surface area contributed by atoms with Crippen LogP contribution in [0.2, 0.25) is 0 Å². The van der Waals surface area contributed by atoms with Crippen LogP contribution in [0.3, 0.4) is 0 Å². The Morgan fingerprint density at radius 2 is 2.25 bits per heavy atom. The van der Waals surface area contributed by atoms with Crippen molar-refractivity contribution in [3.05, 3.63) is 12.3 Å². The average Bonchev–Trinajstić information content (AvgIpc) is 2.49. The number of anilines is 1. The Labute approximate surface area is 89.6 Å². The molecule has 0 aliphatic heterocycles. The molecule has 0 bridgehead atoms. The second-order valence-corrected chi connectivity index (χ2v) is 3.11. The number of hydrogen-bond donors (Lipinski definition) is 2. The Morgan fingerprint density at radius 3 is 2.75 bits per heavy atom. The molecule has 2 N–H and O–H groups in total. The first-order valence-corrected chi connectivity index (χ1v) is 4.44. The maximum atomic E-state index is 11.7. The van der Waals surface area contributed by atoms with Crippen LogP contribution in [-0.2, 0) is 11.8 Å². The summed E-state index contributed by atoms with van der Waals surface area (Å²) >= 11 is 0. The van der Waals surface area contributed by atoms with E-state index < -0.39 is 25.2 Å². The number of aromatic nitrogens is 2. The molecule has 0 unspecified atom stereocenters. The van der Waals surface area contributed by atoms with Gasteiger partial charge in [0.2, 0.25) is 5.91 Å². The van der Waals surface area contributed by atoms with Gasteiger partial charge in [-0.05, 0) is 0 Å². The summed E-state index contributed by atoms with van der Waals surface area (Å²) in [4.78, 5) is 11.2. The predicted octanol–water partition coefficient (Wildman–Crippen LogP) is 0.510. The van der Waals surface area contributed by atoms with Crippen LogP contribution in [0, 0.1) is 0 Å². The van der Waals surface area contributed by atoms with E-state index in [0.29, 0.717) is 5.82 Å². The van der Waals surface area contributed by atoms with E-state index in [9.17, 15) is 18.0 Å². The van der Waals surface area contributed by atoms with Crippen LogP contribution in [0.25, 0.3) is 0 Å². The lowest BCUT2D eigenvalue weighted by molar-refractivity contribution is -0.127. The standard InChI is InChI=1S/C8H11F3N4O/c1-15-6(2-3-13-15)14-7(16)4-12-5-8(9,10)11/h2-3,12H,4-5H2,1H3,(H,14,16). The number of carbonyl (C=O) groups is 1. The highest BCUT2D eigenvalue weighted by Crippen LogP contribution is 2.11. The molecule has 1 heterocycles. The summed E-state index contributed by atoms with van der Waals surface area (Å²) in [6.07, 6.45) is -2.84. The van der Waals surface area contributed by atoms with Gasteiger partial charge in [-0.15, -0.1) is 0 Å². The fraction of sp³-hybridized carbons (Fsp3) is 0.500. The van der Waals surface area contributed by atoms with Gasteiger partial charge in [-0.2, -0.15) is 18.3 Å². The fourth-order valence-corrected chi connectivity index (χ4v) is 1.00. The SMILES string of the molecule is Cn1nccc1NC(=O)CNCC(F)(F)F. The summed E-state index contributed by atoms with van der Waals surface area (Å²) in [5, 5.41) is 8.19. The van der Waals surface area contributed by atoms with Gasteiger partial charge in [0, 0.05) is 13.1 Å². The highest BCUT2D eigenvalue weighted by molar-refractivity contribution is 5.91. The predicted molar refractivity (Wildman–Crippen MR) is 50.8 cm³/mol. The third-order valence-corrected chi connectivity index (χ3v) is 1.70. The lowest BCUT2D eigenvalue weighted by Gasteiger charge is -2.08. The molecule has 1 rings (SSSR count). The highest BCUT2D eigenvalue weighted by Gasteiger charge is 2.26. The number of hydrogen-bond acceptors (Lipinski definition) is 3. The molecule has 5 nitrogen and oxygen atoms in total. The van der Waals surface area contributed by atoms with E-state index in [1.807, 2.05) is 5.32 Å². The van der Waals surface area contributed by atoms with Crippen LogP contribution >= 0.6 is 0 Å². The van der Waals surface area contributed by atoms with Crippen molar-refractivity contribution in [2.45, 2.75) is 6.18 Å². The van der Waals surface area contributed by atoms with Crippen molar-refractivity contribution in [2.24, 2.45) is 7.05 Å². The molecular weight excluding hydrogens is 225 g/mol. The summed E-state index contributed by atoms with van der Waals surface area (Å²) in [5.41, 5.74) is 0.